The molecule has 3 rings (SSSR count). The Morgan fingerprint density at radius 2 is 2.36 bits per heavy atom. The van der Waals surface area contributed by atoms with E-state index in [-0.39, 0.29) is 5.82 Å². The zero-order valence-corrected chi connectivity index (χ0v) is 16.1. The van der Waals surface area contributed by atoms with Crippen molar-refractivity contribution in [3.8, 4) is 0 Å². The molecule has 25 heavy (non-hydrogen) atoms. The van der Waals surface area contributed by atoms with E-state index in [0.717, 1.165) is 15.3 Å². The third-order valence-electron chi connectivity index (χ3n) is 3.81. The second-order valence-corrected chi connectivity index (χ2v) is 7.66. The number of alkyl halides is 1. The van der Waals surface area contributed by atoms with E-state index < -0.39 is 36.5 Å². The van der Waals surface area contributed by atoms with Crippen LogP contribution in [0.1, 0.15) is 13.2 Å². The first-order valence-electron chi connectivity index (χ1n) is 7.48. The Balaban J connectivity index is 1.93. The SMILES string of the molecule is CCSC(=O)O[C@@H]1C(F)[C@H](n2cc(I)c3c(N)ncnc32)O[C@@H]1CO. The average Bonchev–Trinajstić information content (AvgIpc) is 3.07. The van der Waals surface area contributed by atoms with E-state index in [9.17, 15) is 14.3 Å². The number of nitrogens with zero attached hydrogens (tertiary/aromatic N) is 3. The lowest BCUT2D eigenvalue weighted by Crippen LogP contribution is -2.35. The molecule has 0 aromatic carbocycles. The summed E-state index contributed by atoms with van der Waals surface area (Å²) in [5.41, 5.74) is 6.28. The number of ether oxygens (including phenoxy) is 2. The van der Waals surface area contributed by atoms with Crippen molar-refractivity contribution in [3.63, 3.8) is 0 Å². The van der Waals surface area contributed by atoms with Crippen LogP contribution in [0.2, 0.25) is 0 Å². The lowest BCUT2D eigenvalue weighted by atomic mass is 10.1. The molecule has 3 heterocycles. The molecule has 2 aromatic rings. The van der Waals surface area contributed by atoms with Gasteiger partial charge in [0.05, 0.1) is 12.0 Å². The molecule has 0 radical (unpaired) electrons. The predicted octanol–water partition coefficient (Wildman–Crippen LogP) is 2.10. The molecule has 0 spiro atoms. The summed E-state index contributed by atoms with van der Waals surface area (Å²) in [4.78, 5) is 19.8. The molecule has 8 nitrogen and oxygen atoms in total. The maximum Gasteiger partial charge on any atom is 0.367 e. The maximum atomic E-state index is 15.0. The molecule has 0 aliphatic carbocycles. The first kappa shape index (κ1) is 18.6. The number of hydrogen-bond acceptors (Lipinski definition) is 8. The van der Waals surface area contributed by atoms with Crippen LogP contribution in [0.3, 0.4) is 0 Å². The van der Waals surface area contributed by atoms with Crippen LogP contribution >= 0.6 is 34.4 Å². The molecule has 1 fully saturated rings. The highest BCUT2D eigenvalue weighted by Gasteiger charge is 2.49. The first-order chi connectivity index (χ1) is 12.0. The summed E-state index contributed by atoms with van der Waals surface area (Å²) in [7, 11) is 0. The molecule has 1 saturated heterocycles. The summed E-state index contributed by atoms with van der Waals surface area (Å²) < 4.78 is 28.0. The molecule has 1 aliphatic rings. The van der Waals surface area contributed by atoms with E-state index in [1.165, 1.54) is 10.9 Å². The predicted molar refractivity (Wildman–Crippen MR) is 99.0 cm³/mol. The van der Waals surface area contributed by atoms with Gasteiger partial charge >= 0.3 is 5.30 Å². The number of nitrogens with two attached hydrogens (primary N) is 1. The Bertz CT molecular complexity index is 792. The van der Waals surface area contributed by atoms with E-state index in [1.54, 1.807) is 13.1 Å². The van der Waals surface area contributed by atoms with Crippen LogP contribution in [-0.2, 0) is 9.47 Å². The van der Waals surface area contributed by atoms with Crippen LogP contribution in [0, 0.1) is 3.57 Å². The fraction of sp³-hybridized carbons (Fsp3) is 0.500. The highest BCUT2D eigenvalue weighted by Crippen LogP contribution is 2.38. The number of hydrogen-bond donors (Lipinski definition) is 2. The second-order valence-electron chi connectivity index (χ2n) is 5.30. The van der Waals surface area contributed by atoms with Gasteiger partial charge in [0, 0.05) is 15.5 Å². The summed E-state index contributed by atoms with van der Waals surface area (Å²) in [6, 6.07) is 0. The number of aliphatic hydroxyl groups is 1. The monoisotopic (exact) mass is 482 g/mol. The van der Waals surface area contributed by atoms with Crippen molar-refractivity contribution >= 4 is 56.5 Å². The van der Waals surface area contributed by atoms with Gasteiger partial charge in [-0.1, -0.05) is 6.92 Å². The van der Waals surface area contributed by atoms with E-state index >= 15 is 0 Å². The smallest absolute Gasteiger partial charge is 0.367 e. The minimum atomic E-state index is -1.67. The van der Waals surface area contributed by atoms with Gasteiger partial charge in [-0.25, -0.2) is 19.2 Å². The van der Waals surface area contributed by atoms with Gasteiger partial charge in [0.1, 0.15) is 23.9 Å². The quantitative estimate of drug-likeness (QED) is 0.504. The maximum absolute atomic E-state index is 15.0. The molecule has 3 N–H and O–H groups in total. The van der Waals surface area contributed by atoms with Crippen LogP contribution in [-0.4, -0.2) is 55.7 Å². The lowest BCUT2D eigenvalue weighted by Gasteiger charge is -2.18. The molecule has 4 atom stereocenters. The van der Waals surface area contributed by atoms with Gasteiger partial charge in [-0.15, -0.1) is 0 Å². The van der Waals surface area contributed by atoms with Crippen molar-refractivity contribution in [3.05, 3.63) is 16.1 Å². The number of rotatable bonds is 4. The fourth-order valence-corrected chi connectivity index (χ4v) is 3.96. The topological polar surface area (TPSA) is 112 Å². The Kier molecular flexibility index (Phi) is 5.65. The number of thioether (sulfide) groups is 1. The van der Waals surface area contributed by atoms with Crippen molar-refractivity contribution in [2.24, 2.45) is 0 Å². The standard InChI is InChI=1S/C14H16FIN4O4S/c1-2-25-14(22)24-10-7(4-21)23-13(9(10)15)20-3-6(16)8-11(17)18-5-19-12(8)20/h3,5,7,9-10,13,21H,2,4H2,1H3,(H2,17,18,19)/t7-,9?,10+,13-/m1/s1. The molecule has 1 aliphatic heterocycles. The molecule has 0 saturated carbocycles. The minimum absolute atomic E-state index is 0.280. The van der Waals surface area contributed by atoms with Crippen LogP contribution < -0.4 is 5.73 Å². The van der Waals surface area contributed by atoms with Crippen LogP contribution in [0.15, 0.2) is 12.5 Å². The first-order valence-corrected chi connectivity index (χ1v) is 9.54. The third kappa shape index (κ3) is 3.41. The molecule has 1 unspecified atom stereocenters. The summed E-state index contributed by atoms with van der Waals surface area (Å²) in [6.45, 7) is 1.31. The highest BCUT2D eigenvalue weighted by atomic mass is 127. The van der Waals surface area contributed by atoms with Crippen molar-refractivity contribution in [2.75, 3.05) is 18.1 Å². The van der Waals surface area contributed by atoms with Gasteiger partial charge in [0.2, 0.25) is 0 Å². The molecule has 136 valence electrons. The Morgan fingerprint density at radius 3 is 3.04 bits per heavy atom. The van der Waals surface area contributed by atoms with Crippen LogP contribution in [0.4, 0.5) is 15.0 Å². The molecule has 11 heteroatoms. The number of carbonyl (C=O) groups is 1. The Hall–Kier alpha value is -1.18. The van der Waals surface area contributed by atoms with Crippen LogP contribution in [0.25, 0.3) is 11.0 Å². The Morgan fingerprint density at radius 1 is 1.60 bits per heavy atom. The number of aliphatic hydroxyl groups excluding tert-OH is 1. The summed E-state index contributed by atoms with van der Waals surface area (Å²) in [5.74, 6) is 0.787. The average molecular weight is 482 g/mol. The molecule has 0 bridgehead atoms. The van der Waals surface area contributed by atoms with E-state index in [1.807, 2.05) is 0 Å². The minimum Gasteiger partial charge on any atom is -0.448 e. The summed E-state index contributed by atoms with van der Waals surface area (Å²) >= 11 is 2.98. The second kappa shape index (κ2) is 7.60. The van der Waals surface area contributed by atoms with E-state index in [0.29, 0.717) is 16.8 Å². The number of nitrogen functional groups attached to an aromatic ring is 1. The fourth-order valence-electron chi connectivity index (χ4n) is 2.72. The van der Waals surface area contributed by atoms with Crippen molar-refractivity contribution in [1.82, 2.24) is 14.5 Å². The third-order valence-corrected chi connectivity index (χ3v) is 5.25. The lowest BCUT2D eigenvalue weighted by molar-refractivity contribution is -0.0459. The van der Waals surface area contributed by atoms with Gasteiger partial charge in [-0.3, -0.25) is 0 Å². The van der Waals surface area contributed by atoms with Crippen molar-refractivity contribution in [1.29, 1.82) is 0 Å². The Labute approximate surface area is 160 Å². The summed E-state index contributed by atoms with van der Waals surface area (Å²) in [6.07, 6.45) is -1.99. The largest absolute Gasteiger partial charge is 0.448 e. The number of halogens is 2. The molecular weight excluding hydrogens is 466 g/mol. The number of fused-ring (bicyclic) bond motifs is 1. The number of anilines is 1. The van der Waals surface area contributed by atoms with Gasteiger partial charge in [0.15, 0.2) is 18.5 Å². The zero-order chi connectivity index (χ0) is 18.1. The normalized spacial score (nSPS) is 26.2. The van der Waals surface area contributed by atoms with Crippen molar-refractivity contribution in [2.45, 2.75) is 31.5 Å². The van der Waals surface area contributed by atoms with Gasteiger partial charge in [-0.2, -0.15) is 0 Å². The molecular formula is C14H16FIN4O4S. The van der Waals surface area contributed by atoms with Gasteiger partial charge < -0.3 is 24.9 Å². The van der Waals surface area contributed by atoms with Gasteiger partial charge in [-0.05, 0) is 34.4 Å². The van der Waals surface area contributed by atoms with E-state index in [2.05, 4.69) is 32.6 Å². The number of carbonyl (C=O) groups excluding carboxylic acids is 1. The van der Waals surface area contributed by atoms with Crippen LogP contribution in [0.5, 0.6) is 0 Å². The zero-order valence-electron chi connectivity index (χ0n) is 13.1. The van der Waals surface area contributed by atoms with Gasteiger partial charge in [0.25, 0.3) is 0 Å². The van der Waals surface area contributed by atoms with Crippen molar-refractivity contribution < 1.29 is 23.8 Å². The highest BCUT2D eigenvalue weighted by molar-refractivity contribution is 14.1. The summed E-state index contributed by atoms with van der Waals surface area (Å²) in [5, 5.41) is 9.48. The number of aromatic nitrogens is 3. The molecule has 2 aromatic heterocycles. The molecule has 0 amide bonds. The van der Waals surface area contributed by atoms with E-state index in [4.69, 9.17) is 15.2 Å².